The zero-order chi connectivity index (χ0) is 25.0. The molecule has 1 aromatic heterocycles. The number of fused-ring (bicyclic) bond motifs is 5. The van der Waals surface area contributed by atoms with Crippen LogP contribution >= 0.6 is 11.3 Å². The topological polar surface area (TPSA) is 63.2 Å². The monoisotopic (exact) mass is 497 g/mol. The maximum absolute atomic E-state index is 13.6. The van der Waals surface area contributed by atoms with E-state index in [1.54, 1.807) is 11.3 Å². The maximum Gasteiger partial charge on any atom is 0.220 e. The Bertz CT molecular complexity index is 972. The summed E-state index contributed by atoms with van der Waals surface area (Å²) in [6.45, 7) is 9.23. The van der Waals surface area contributed by atoms with Gasteiger partial charge in [0.1, 0.15) is 11.6 Å². The van der Waals surface area contributed by atoms with Gasteiger partial charge in [0.05, 0.1) is 6.04 Å². The van der Waals surface area contributed by atoms with Gasteiger partial charge in [-0.3, -0.25) is 14.4 Å². The second-order valence-electron chi connectivity index (χ2n) is 12.8. The number of carbonyl (C=O) groups excluding carboxylic acids is 3. The van der Waals surface area contributed by atoms with E-state index in [-0.39, 0.29) is 34.6 Å². The molecule has 4 nitrogen and oxygen atoms in total. The first-order valence-corrected chi connectivity index (χ1v) is 14.9. The molecule has 0 spiro atoms. The molecule has 4 aliphatic carbocycles. The van der Waals surface area contributed by atoms with Crippen molar-refractivity contribution in [3.8, 4) is 0 Å². The molecule has 0 radical (unpaired) electrons. The van der Waals surface area contributed by atoms with E-state index in [1.807, 2.05) is 6.07 Å². The predicted octanol–water partition coefficient (Wildman–Crippen LogP) is 6.75. The molecule has 0 aromatic carbocycles. The van der Waals surface area contributed by atoms with E-state index in [2.05, 4.69) is 44.5 Å². The number of Topliss-reactive ketones (excluding diaryl/α,β-unsaturated/α-hetero) is 2. The zero-order valence-electron chi connectivity index (χ0n) is 22.0. The van der Waals surface area contributed by atoms with Crippen molar-refractivity contribution in [1.29, 1.82) is 0 Å². The number of carbonyl (C=O) groups is 3. The first-order valence-electron chi connectivity index (χ1n) is 14.0. The summed E-state index contributed by atoms with van der Waals surface area (Å²) in [5.41, 5.74) is 0.288. The Balaban J connectivity index is 1.28. The van der Waals surface area contributed by atoms with E-state index in [0.29, 0.717) is 60.9 Å². The molecule has 4 aliphatic rings. The Morgan fingerprint density at radius 3 is 2.60 bits per heavy atom. The van der Waals surface area contributed by atoms with Gasteiger partial charge in [0, 0.05) is 36.5 Å². The van der Waals surface area contributed by atoms with Crippen molar-refractivity contribution in [2.45, 2.75) is 97.9 Å². The summed E-state index contributed by atoms with van der Waals surface area (Å²) in [6.07, 6.45) is 8.88. The summed E-state index contributed by atoms with van der Waals surface area (Å²) in [5.74, 6) is 3.07. The lowest BCUT2D eigenvalue weighted by Gasteiger charge is -2.59. The Morgan fingerprint density at radius 1 is 1.11 bits per heavy atom. The predicted molar refractivity (Wildman–Crippen MR) is 140 cm³/mol. The van der Waals surface area contributed by atoms with Gasteiger partial charge in [-0.2, -0.15) is 0 Å². The van der Waals surface area contributed by atoms with Crippen molar-refractivity contribution in [2.24, 2.45) is 46.3 Å². The molecule has 1 aromatic rings. The van der Waals surface area contributed by atoms with Crippen LogP contribution in [0.25, 0.3) is 0 Å². The number of nitrogens with one attached hydrogen (secondary N) is 1. The first-order chi connectivity index (χ1) is 16.7. The number of ketones is 2. The molecule has 1 amide bonds. The van der Waals surface area contributed by atoms with Crippen LogP contribution in [0, 0.1) is 46.3 Å². The molecule has 1 N–H and O–H groups in total. The molecular formula is C30H43NO3S. The van der Waals surface area contributed by atoms with E-state index in [0.717, 1.165) is 38.5 Å². The number of hydrogen-bond donors (Lipinski definition) is 1. The summed E-state index contributed by atoms with van der Waals surface area (Å²) in [4.78, 5) is 40.0. The Morgan fingerprint density at radius 2 is 1.89 bits per heavy atom. The number of rotatable bonds is 6. The van der Waals surface area contributed by atoms with Gasteiger partial charge in [0.2, 0.25) is 5.91 Å². The van der Waals surface area contributed by atoms with Crippen LogP contribution < -0.4 is 5.32 Å². The van der Waals surface area contributed by atoms with E-state index in [9.17, 15) is 14.4 Å². The second-order valence-corrected chi connectivity index (χ2v) is 13.8. The highest BCUT2D eigenvalue weighted by Crippen LogP contribution is 2.67. The number of thiophene rings is 1. The quantitative estimate of drug-likeness (QED) is 0.473. The van der Waals surface area contributed by atoms with Crippen LogP contribution in [0.2, 0.25) is 0 Å². The van der Waals surface area contributed by atoms with Crippen molar-refractivity contribution >= 4 is 28.8 Å². The van der Waals surface area contributed by atoms with Crippen LogP contribution in [0.5, 0.6) is 0 Å². The van der Waals surface area contributed by atoms with Gasteiger partial charge in [0.15, 0.2) is 0 Å². The lowest BCUT2D eigenvalue weighted by Crippen LogP contribution is -2.57. The second kappa shape index (κ2) is 9.43. The SMILES string of the molecule is CC[C@H](NC(=O)C[C@@H](C)C1CC[C@H]2[C@@H]3C(=O)C[C@@H]4CC(=O)CC[C@]4(C)[C@H]3CC[C@]12C)c1cccs1. The van der Waals surface area contributed by atoms with Crippen molar-refractivity contribution in [3.05, 3.63) is 22.4 Å². The van der Waals surface area contributed by atoms with Crippen LogP contribution in [0.15, 0.2) is 17.5 Å². The van der Waals surface area contributed by atoms with E-state index in [4.69, 9.17) is 0 Å². The fraction of sp³-hybridized carbons (Fsp3) is 0.767. The average molecular weight is 498 g/mol. The lowest BCUT2D eigenvalue weighted by atomic mass is 9.44. The average Bonchev–Trinajstić information content (AvgIpc) is 3.46. The zero-order valence-corrected chi connectivity index (χ0v) is 22.8. The van der Waals surface area contributed by atoms with Crippen LogP contribution in [0.3, 0.4) is 0 Å². The third-order valence-electron chi connectivity index (χ3n) is 11.2. The highest BCUT2D eigenvalue weighted by molar-refractivity contribution is 7.10. The minimum atomic E-state index is 0.105. The van der Waals surface area contributed by atoms with Crippen molar-refractivity contribution in [3.63, 3.8) is 0 Å². The molecule has 192 valence electrons. The molecule has 5 heteroatoms. The third kappa shape index (κ3) is 4.24. The summed E-state index contributed by atoms with van der Waals surface area (Å²) in [7, 11) is 0. The molecule has 1 heterocycles. The number of amides is 1. The van der Waals surface area contributed by atoms with Crippen LogP contribution in [0.4, 0.5) is 0 Å². The summed E-state index contributed by atoms with van der Waals surface area (Å²) < 4.78 is 0. The van der Waals surface area contributed by atoms with Gasteiger partial charge < -0.3 is 5.32 Å². The van der Waals surface area contributed by atoms with Crippen molar-refractivity contribution < 1.29 is 14.4 Å². The Hall–Kier alpha value is -1.49. The lowest BCUT2D eigenvalue weighted by molar-refractivity contribution is -0.159. The molecule has 0 saturated heterocycles. The summed E-state index contributed by atoms with van der Waals surface area (Å²) >= 11 is 1.71. The highest BCUT2D eigenvalue weighted by Gasteiger charge is 2.63. The number of hydrogen-bond acceptors (Lipinski definition) is 4. The molecule has 4 fully saturated rings. The van der Waals surface area contributed by atoms with Gasteiger partial charge in [-0.05, 0) is 90.4 Å². The summed E-state index contributed by atoms with van der Waals surface area (Å²) in [5, 5.41) is 5.36. The van der Waals surface area contributed by atoms with Gasteiger partial charge in [0.25, 0.3) is 0 Å². The fourth-order valence-electron chi connectivity index (χ4n) is 9.25. The first kappa shape index (κ1) is 25.2. The Kier molecular flexibility index (Phi) is 6.78. The fourth-order valence-corrected chi connectivity index (χ4v) is 10.1. The molecule has 9 atom stereocenters. The third-order valence-corrected chi connectivity index (χ3v) is 12.2. The largest absolute Gasteiger partial charge is 0.348 e. The molecule has 0 bridgehead atoms. The maximum atomic E-state index is 13.6. The van der Waals surface area contributed by atoms with Crippen molar-refractivity contribution in [2.75, 3.05) is 0 Å². The van der Waals surface area contributed by atoms with Gasteiger partial charge in [-0.1, -0.05) is 33.8 Å². The minimum Gasteiger partial charge on any atom is -0.348 e. The van der Waals surface area contributed by atoms with E-state index in [1.165, 1.54) is 4.88 Å². The minimum absolute atomic E-state index is 0.105. The van der Waals surface area contributed by atoms with Crippen LogP contribution in [-0.2, 0) is 14.4 Å². The van der Waals surface area contributed by atoms with E-state index < -0.39 is 0 Å². The van der Waals surface area contributed by atoms with Crippen LogP contribution in [-0.4, -0.2) is 17.5 Å². The smallest absolute Gasteiger partial charge is 0.220 e. The standard InChI is InChI=1S/C30H43NO3S/c1-5-24(26-7-6-14-35-26)31-27(34)15-18(2)21-8-9-22-28-23(11-13-30(21,22)4)29(3)12-10-20(32)16-19(29)17-25(28)33/h6-7,14,18-19,21-24,28H,5,8-13,15-17H2,1-4H3,(H,31,34)/t18-,19+,21?,22+,23+,24+,28+,29+,30-/m1/s1. The molecular weight excluding hydrogens is 454 g/mol. The summed E-state index contributed by atoms with van der Waals surface area (Å²) in [6, 6.07) is 4.26. The molecule has 35 heavy (non-hydrogen) atoms. The molecule has 4 saturated carbocycles. The van der Waals surface area contributed by atoms with Crippen LogP contribution in [0.1, 0.15) is 103 Å². The molecule has 1 unspecified atom stereocenters. The highest BCUT2D eigenvalue weighted by atomic mass is 32.1. The molecule has 5 rings (SSSR count). The van der Waals surface area contributed by atoms with E-state index >= 15 is 0 Å². The van der Waals surface area contributed by atoms with Gasteiger partial charge in [-0.15, -0.1) is 11.3 Å². The molecule has 0 aliphatic heterocycles. The Labute approximate surface area is 215 Å². The van der Waals surface area contributed by atoms with Gasteiger partial charge in [-0.25, -0.2) is 0 Å². The normalized spacial score (nSPS) is 40.4. The van der Waals surface area contributed by atoms with Gasteiger partial charge >= 0.3 is 0 Å². The van der Waals surface area contributed by atoms with Crippen molar-refractivity contribution in [1.82, 2.24) is 5.32 Å².